The molecule has 7 heteroatoms. The van der Waals surface area contributed by atoms with Crippen LogP contribution in [0.2, 0.25) is 0 Å². The number of benzene rings is 1. The summed E-state index contributed by atoms with van der Waals surface area (Å²) in [7, 11) is 0. The van der Waals surface area contributed by atoms with Crippen LogP contribution in [0.25, 0.3) is 0 Å². The first-order chi connectivity index (χ1) is 12.6. The molecule has 26 heavy (non-hydrogen) atoms. The second-order valence-corrected chi connectivity index (χ2v) is 7.19. The van der Waals surface area contributed by atoms with Crippen LogP contribution in [-0.2, 0) is 32.0 Å². The standard InChI is InChI=1S/C19H23N3O4/c23-17-10-14(18(24)20-21-19(25)16-5-2-8-26-16)11-22(17)15-7-6-12-3-1-4-13(12)9-15/h6-7,9,14,16H,1-5,8,10-11H2,(H,20,24)(H,21,25)/t14-,16+/m0/s1. The molecular weight excluding hydrogens is 334 g/mol. The van der Waals surface area contributed by atoms with Crippen LogP contribution in [0.4, 0.5) is 5.69 Å². The molecule has 0 unspecified atom stereocenters. The molecule has 0 radical (unpaired) electrons. The number of rotatable bonds is 3. The van der Waals surface area contributed by atoms with Gasteiger partial charge in [-0.2, -0.15) is 0 Å². The van der Waals surface area contributed by atoms with Crippen molar-refractivity contribution in [3.8, 4) is 0 Å². The zero-order chi connectivity index (χ0) is 18.1. The van der Waals surface area contributed by atoms with Gasteiger partial charge in [0, 0.05) is 25.3 Å². The SMILES string of the molecule is O=C(NNC(=O)[C@H]1CCCO1)[C@H]1CC(=O)N(c2ccc3c(c2)CCC3)C1. The van der Waals surface area contributed by atoms with Gasteiger partial charge in [-0.15, -0.1) is 0 Å². The third kappa shape index (κ3) is 3.31. The highest BCUT2D eigenvalue weighted by Gasteiger charge is 2.36. The molecule has 2 aliphatic heterocycles. The molecule has 0 saturated carbocycles. The van der Waals surface area contributed by atoms with Crippen molar-refractivity contribution in [3.63, 3.8) is 0 Å². The van der Waals surface area contributed by atoms with Crippen molar-refractivity contribution in [2.45, 2.75) is 44.6 Å². The molecule has 1 aromatic carbocycles. The number of hydrogen-bond donors (Lipinski definition) is 2. The van der Waals surface area contributed by atoms with Gasteiger partial charge in [-0.1, -0.05) is 6.07 Å². The number of nitrogens with one attached hydrogen (secondary N) is 2. The maximum absolute atomic E-state index is 12.4. The van der Waals surface area contributed by atoms with Crippen molar-refractivity contribution < 1.29 is 19.1 Å². The van der Waals surface area contributed by atoms with E-state index in [0.29, 0.717) is 19.6 Å². The summed E-state index contributed by atoms with van der Waals surface area (Å²) in [5.41, 5.74) is 8.36. The van der Waals surface area contributed by atoms with Gasteiger partial charge in [-0.05, 0) is 55.4 Å². The van der Waals surface area contributed by atoms with E-state index in [2.05, 4.69) is 23.0 Å². The molecule has 3 aliphatic rings. The highest BCUT2D eigenvalue weighted by Crippen LogP contribution is 2.30. The van der Waals surface area contributed by atoms with Crippen LogP contribution < -0.4 is 15.8 Å². The van der Waals surface area contributed by atoms with Gasteiger partial charge in [-0.3, -0.25) is 25.2 Å². The number of amides is 3. The van der Waals surface area contributed by atoms with Crippen molar-refractivity contribution >= 4 is 23.4 Å². The molecular formula is C19H23N3O4. The van der Waals surface area contributed by atoms with Crippen LogP contribution in [0.1, 0.15) is 36.8 Å². The summed E-state index contributed by atoms with van der Waals surface area (Å²) < 4.78 is 5.28. The summed E-state index contributed by atoms with van der Waals surface area (Å²) in [6.07, 6.45) is 4.46. The second kappa shape index (κ2) is 7.07. The monoisotopic (exact) mass is 357 g/mol. The Morgan fingerprint density at radius 2 is 1.88 bits per heavy atom. The highest BCUT2D eigenvalue weighted by molar-refractivity contribution is 6.00. The van der Waals surface area contributed by atoms with E-state index < -0.39 is 12.0 Å². The van der Waals surface area contributed by atoms with Crippen molar-refractivity contribution in [1.29, 1.82) is 0 Å². The van der Waals surface area contributed by atoms with E-state index in [1.165, 1.54) is 11.1 Å². The van der Waals surface area contributed by atoms with Crippen molar-refractivity contribution in [1.82, 2.24) is 10.9 Å². The predicted molar refractivity (Wildman–Crippen MR) is 94.2 cm³/mol. The smallest absolute Gasteiger partial charge is 0.267 e. The van der Waals surface area contributed by atoms with E-state index in [0.717, 1.165) is 31.4 Å². The van der Waals surface area contributed by atoms with Crippen LogP contribution in [0.3, 0.4) is 0 Å². The summed E-state index contributed by atoms with van der Waals surface area (Å²) in [6.45, 7) is 0.901. The number of fused-ring (bicyclic) bond motifs is 1. The van der Waals surface area contributed by atoms with Crippen LogP contribution in [0.5, 0.6) is 0 Å². The summed E-state index contributed by atoms with van der Waals surface area (Å²) in [4.78, 5) is 38.3. The average Bonchev–Trinajstić information content (AvgIpc) is 3.38. The van der Waals surface area contributed by atoms with E-state index in [9.17, 15) is 14.4 Å². The molecule has 2 N–H and O–H groups in total. The molecule has 1 aliphatic carbocycles. The van der Waals surface area contributed by atoms with Crippen molar-refractivity contribution in [2.24, 2.45) is 5.92 Å². The average molecular weight is 357 g/mol. The van der Waals surface area contributed by atoms with E-state index in [1.54, 1.807) is 4.90 Å². The minimum Gasteiger partial charge on any atom is -0.368 e. The highest BCUT2D eigenvalue weighted by atomic mass is 16.5. The van der Waals surface area contributed by atoms with Crippen molar-refractivity contribution in [2.75, 3.05) is 18.1 Å². The van der Waals surface area contributed by atoms with Gasteiger partial charge < -0.3 is 9.64 Å². The molecule has 3 amide bonds. The molecule has 0 bridgehead atoms. The number of aryl methyl sites for hydroxylation is 2. The van der Waals surface area contributed by atoms with Crippen LogP contribution in [0, 0.1) is 5.92 Å². The third-order valence-electron chi connectivity index (χ3n) is 5.42. The van der Waals surface area contributed by atoms with Crippen LogP contribution in [-0.4, -0.2) is 37.0 Å². The Bertz CT molecular complexity index is 742. The van der Waals surface area contributed by atoms with E-state index in [-0.39, 0.29) is 24.1 Å². The number of nitrogens with zero attached hydrogens (tertiary/aromatic N) is 1. The summed E-state index contributed by atoms with van der Waals surface area (Å²) in [5.74, 6) is -1.21. The van der Waals surface area contributed by atoms with E-state index in [1.807, 2.05) is 6.07 Å². The fourth-order valence-corrected chi connectivity index (χ4v) is 3.95. The lowest BCUT2D eigenvalue weighted by Crippen LogP contribution is -2.48. The number of anilines is 1. The quantitative estimate of drug-likeness (QED) is 0.786. The number of hydrogen-bond acceptors (Lipinski definition) is 4. The largest absolute Gasteiger partial charge is 0.368 e. The first-order valence-corrected chi connectivity index (χ1v) is 9.25. The maximum atomic E-state index is 12.4. The Labute approximate surface area is 152 Å². The van der Waals surface area contributed by atoms with Gasteiger partial charge >= 0.3 is 0 Å². The zero-order valence-corrected chi connectivity index (χ0v) is 14.6. The molecule has 2 fully saturated rings. The topological polar surface area (TPSA) is 87.7 Å². The Balaban J connectivity index is 1.35. The van der Waals surface area contributed by atoms with Crippen LogP contribution >= 0.6 is 0 Å². The summed E-state index contributed by atoms with van der Waals surface area (Å²) in [6, 6.07) is 6.11. The minimum atomic E-state index is -0.497. The lowest BCUT2D eigenvalue weighted by atomic mass is 10.1. The lowest BCUT2D eigenvalue weighted by Gasteiger charge is -2.18. The normalized spacial score (nSPS) is 24.6. The molecule has 2 heterocycles. The van der Waals surface area contributed by atoms with Crippen molar-refractivity contribution in [3.05, 3.63) is 29.3 Å². The van der Waals surface area contributed by atoms with Gasteiger partial charge in [-0.25, -0.2) is 0 Å². The Morgan fingerprint density at radius 3 is 2.69 bits per heavy atom. The van der Waals surface area contributed by atoms with E-state index >= 15 is 0 Å². The Kier molecular flexibility index (Phi) is 4.63. The first kappa shape index (κ1) is 17.0. The molecule has 7 nitrogen and oxygen atoms in total. The fraction of sp³-hybridized carbons (Fsp3) is 0.526. The Hall–Kier alpha value is -2.41. The van der Waals surface area contributed by atoms with Gasteiger partial charge in [0.05, 0.1) is 5.92 Å². The van der Waals surface area contributed by atoms with Gasteiger partial charge in [0.15, 0.2) is 0 Å². The Morgan fingerprint density at radius 1 is 1.08 bits per heavy atom. The molecule has 2 atom stereocenters. The van der Waals surface area contributed by atoms with Crippen LogP contribution in [0.15, 0.2) is 18.2 Å². The zero-order valence-electron chi connectivity index (χ0n) is 14.6. The minimum absolute atomic E-state index is 0.0615. The van der Waals surface area contributed by atoms with Gasteiger partial charge in [0.2, 0.25) is 11.8 Å². The predicted octanol–water partition coefficient (Wildman–Crippen LogP) is 0.855. The molecule has 0 spiro atoms. The van der Waals surface area contributed by atoms with E-state index in [4.69, 9.17) is 4.74 Å². The third-order valence-corrected chi connectivity index (χ3v) is 5.42. The van der Waals surface area contributed by atoms with Gasteiger partial charge in [0.1, 0.15) is 6.10 Å². The second-order valence-electron chi connectivity index (χ2n) is 7.19. The number of carbonyl (C=O) groups is 3. The number of ether oxygens (including phenoxy) is 1. The molecule has 4 rings (SSSR count). The summed E-state index contributed by atoms with van der Waals surface area (Å²) >= 11 is 0. The lowest BCUT2D eigenvalue weighted by molar-refractivity contribution is -0.136. The first-order valence-electron chi connectivity index (χ1n) is 9.25. The van der Waals surface area contributed by atoms with Gasteiger partial charge in [0.25, 0.3) is 5.91 Å². The number of carbonyl (C=O) groups excluding carboxylic acids is 3. The molecule has 138 valence electrons. The molecule has 0 aromatic heterocycles. The maximum Gasteiger partial charge on any atom is 0.267 e. The number of hydrazine groups is 1. The molecule has 2 saturated heterocycles. The summed E-state index contributed by atoms with van der Waals surface area (Å²) in [5, 5.41) is 0. The molecule has 1 aromatic rings. The fourth-order valence-electron chi connectivity index (χ4n) is 3.95.